The number of halogens is 1. The molecule has 3 unspecified atom stereocenters. The summed E-state index contributed by atoms with van der Waals surface area (Å²) in [5, 5.41) is 3.47. The van der Waals surface area contributed by atoms with Gasteiger partial charge in [0.15, 0.2) is 0 Å². The minimum absolute atomic E-state index is 0.629. The van der Waals surface area contributed by atoms with Crippen molar-refractivity contribution >= 4 is 28.5 Å². The second-order valence-electron chi connectivity index (χ2n) is 4.65. The summed E-state index contributed by atoms with van der Waals surface area (Å²) in [6, 6.07) is 0.629. The number of rotatable bonds is 2. The zero-order valence-corrected chi connectivity index (χ0v) is 10.6. The van der Waals surface area contributed by atoms with Crippen LogP contribution in [0, 0.1) is 15.4 Å². The van der Waals surface area contributed by atoms with E-state index in [1.165, 1.54) is 25.7 Å². The summed E-state index contributed by atoms with van der Waals surface area (Å²) in [6.45, 7) is 0. The van der Waals surface area contributed by atoms with Gasteiger partial charge in [-0.25, -0.2) is 9.97 Å². The van der Waals surface area contributed by atoms with E-state index in [1.54, 1.807) is 0 Å². The zero-order chi connectivity index (χ0) is 10.3. The number of nitrogens with one attached hydrogen (secondary N) is 1. The van der Waals surface area contributed by atoms with Crippen LogP contribution in [0.3, 0.4) is 0 Å². The molecule has 1 N–H and O–H groups in total. The molecule has 3 atom stereocenters. The third-order valence-corrected chi connectivity index (χ3v) is 4.23. The Hall–Kier alpha value is -0.390. The first-order chi connectivity index (χ1) is 7.31. The molecule has 0 radical (unpaired) electrons. The Morgan fingerprint density at radius 3 is 2.60 bits per heavy atom. The molecule has 1 aromatic heterocycles. The summed E-state index contributed by atoms with van der Waals surface area (Å²) in [5.41, 5.74) is 0. The SMILES string of the molecule is Ic1cnc(NC2CC3CCC2C3)nc1. The van der Waals surface area contributed by atoms with Gasteiger partial charge in [0.25, 0.3) is 0 Å². The Morgan fingerprint density at radius 2 is 2.00 bits per heavy atom. The first-order valence-corrected chi connectivity index (χ1v) is 6.63. The van der Waals surface area contributed by atoms with Crippen LogP contribution >= 0.6 is 22.6 Å². The van der Waals surface area contributed by atoms with E-state index in [4.69, 9.17) is 0 Å². The predicted octanol–water partition coefficient (Wildman–Crippen LogP) is 2.68. The van der Waals surface area contributed by atoms with Crippen LogP contribution in [0.4, 0.5) is 5.95 Å². The largest absolute Gasteiger partial charge is 0.351 e. The molecule has 1 heterocycles. The lowest BCUT2D eigenvalue weighted by Gasteiger charge is -2.22. The van der Waals surface area contributed by atoms with E-state index in [0.29, 0.717) is 6.04 Å². The third-order valence-electron chi connectivity index (χ3n) is 3.67. The molecule has 0 aliphatic heterocycles. The minimum Gasteiger partial charge on any atom is -0.351 e. The van der Waals surface area contributed by atoms with Gasteiger partial charge in [0.1, 0.15) is 0 Å². The maximum absolute atomic E-state index is 4.30. The van der Waals surface area contributed by atoms with Crippen LogP contribution in [0.1, 0.15) is 25.7 Å². The molecular weight excluding hydrogens is 301 g/mol. The van der Waals surface area contributed by atoms with Gasteiger partial charge < -0.3 is 5.32 Å². The van der Waals surface area contributed by atoms with Crippen LogP contribution in [-0.4, -0.2) is 16.0 Å². The normalized spacial score (nSPS) is 33.3. The van der Waals surface area contributed by atoms with E-state index in [-0.39, 0.29) is 0 Å². The fourth-order valence-electron chi connectivity index (χ4n) is 2.97. The molecule has 2 saturated carbocycles. The van der Waals surface area contributed by atoms with Crippen LogP contribution in [-0.2, 0) is 0 Å². The molecule has 3 rings (SSSR count). The summed E-state index contributed by atoms with van der Waals surface area (Å²) < 4.78 is 1.09. The van der Waals surface area contributed by atoms with E-state index in [2.05, 4.69) is 37.9 Å². The minimum atomic E-state index is 0.629. The van der Waals surface area contributed by atoms with Crippen molar-refractivity contribution in [2.75, 3.05) is 5.32 Å². The number of anilines is 1. The number of hydrogen-bond acceptors (Lipinski definition) is 3. The van der Waals surface area contributed by atoms with Gasteiger partial charge in [0.2, 0.25) is 5.95 Å². The van der Waals surface area contributed by atoms with E-state index in [0.717, 1.165) is 21.4 Å². The van der Waals surface area contributed by atoms with Crippen molar-refractivity contribution in [3.8, 4) is 0 Å². The summed E-state index contributed by atoms with van der Waals surface area (Å²) in [7, 11) is 0. The van der Waals surface area contributed by atoms with Crippen LogP contribution < -0.4 is 5.32 Å². The van der Waals surface area contributed by atoms with Crippen LogP contribution in [0.2, 0.25) is 0 Å². The molecule has 0 saturated heterocycles. The lowest BCUT2D eigenvalue weighted by Crippen LogP contribution is -2.26. The number of fused-ring (bicyclic) bond motifs is 2. The Morgan fingerprint density at radius 1 is 1.20 bits per heavy atom. The topological polar surface area (TPSA) is 37.8 Å². The highest BCUT2D eigenvalue weighted by Gasteiger charge is 2.39. The number of aromatic nitrogens is 2. The van der Waals surface area contributed by atoms with Gasteiger partial charge in [0.05, 0.1) is 0 Å². The highest BCUT2D eigenvalue weighted by Crippen LogP contribution is 2.45. The molecule has 3 nitrogen and oxygen atoms in total. The van der Waals surface area contributed by atoms with Crippen LogP contribution in [0.15, 0.2) is 12.4 Å². The standard InChI is InChI=1S/C11H14IN3/c12-9-5-13-11(14-6-9)15-10-4-7-1-2-8(10)3-7/h5-8,10H,1-4H2,(H,13,14,15). The highest BCUT2D eigenvalue weighted by molar-refractivity contribution is 14.1. The fourth-order valence-corrected chi connectivity index (χ4v) is 3.25. The maximum atomic E-state index is 4.30. The molecule has 15 heavy (non-hydrogen) atoms. The molecule has 0 aromatic carbocycles. The van der Waals surface area contributed by atoms with Gasteiger partial charge in [-0.1, -0.05) is 6.42 Å². The van der Waals surface area contributed by atoms with Crippen LogP contribution in [0.25, 0.3) is 0 Å². The quantitative estimate of drug-likeness (QED) is 0.853. The van der Waals surface area contributed by atoms with E-state index < -0.39 is 0 Å². The summed E-state index contributed by atoms with van der Waals surface area (Å²) >= 11 is 2.23. The summed E-state index contributed by atoms with van der Waals surface area (Å²) in [5.74, 6) is 2.64. The van der Waals surface area contributed by atoms with Crippen molar-refractivity contribution in [1.29, 1.82) is 0 Å². The lowest BCUT2D eigenvalue weighted by atomic mass is 9.95. The van der Waals surface area contributed by atoms with Crippen molar-refractivity contribution < 1.29 is 0 Å². The molecule has 1 aromatic rings. The Kier molecular flexibility index (Phi) is 2.54. The van der Waals surface area contributed by atoms with E-state index >= 15 is 0 Å². The van der Waals surface area contributed by atoms with Crippen molar-refractivity contribution in [2.24, 2.45) is 11.8 Å². The average molecular weight is 315 g/mol. The molecule has 0 spiro atoms. The van der Waals surface area contributed by atoms with Crippen molar-refractivity contribution in [1.82, 2.24) is 9.97 Å². The van der Waals surface area contributed by atoms with Crippen molar-refractivity contribution in [2.45, 2.75) is 31.7 Å². The van der Waals surface area contributed by atoms with E-state index in [9.17, 15) is 0 Å². The molecule has 2 fully saturated rings. The van der Waals surface area contributed by atoms with Crippen molar-refractivity contribution in [3.63, 3.8) is 0 Å². The van der Waals surface area contributed by atoms with Gasteiger partial charge in [0, 0.05) is 22.0 Å². The average Bonchev–Trinajstić information content (AvgIpc) is 2.83. The molecule has 2 aliphatic carbocycles. The summed E-state index contributed by atoms with van der Waals surface area (Å²) in [4.78, 5) is 8.59. The maximum Gasteiger partial charge on any atom is 0.222 e. The second kappa shape index (κ2) is 3.88. The predicted molar refractivity (Wildman–Crippen MR) is 67.6 cm³/mol. The molecule has 2 aliphatic rings. The summed E-state index contributed by atoms with van der Waals surface area (Å²) in [6.07, 6.45) is 9.30. The first kappa shape index (κ1) is 9.81. The Balaban J connectivity index is 1.68. The van der Waals surface area contributed by atoms with Crippen LogP contribution in [0.5, 0.6) is 0 Å². The molecule has 4 heteroatoms. The molecule has 2 bridgehead atoms. The monoisotopic (exact) mass is 315 g/mol. The van der Waals surface area contributed by atoms with Gasteiger partial charge in [-0.15, -0.1) is 0 Å². The lowest BCUT2D eigenvalue weighted by molar-refractivity contribution is 0.438. The number of hydrogen-bond donors (Lipinski definition) is 1. The second-order valence-corrected chi connectivity index (χ2v) is 5.90. The van der Waals surface area contributed by atoms with Gasteiger partial charge in [-0.2, -0.15) is 0 Å². The zero-order valence-electron chi connectivity index (χ0n) is 8.49. The first-order valence-electron chi connectivity index (χ1n) is 5.55. The number of nitrogens with zero attached hydrogens (tertiary/aromatic N) is 2. The van der Waals surface area contributed by atoms with Crippen molar-refractivity contribution in [3.05, 3.63) is 16.0 Å². The smallest absolute Gasteiger partial charge is 0.222 e. The van der Waals surface area contributed by atoms with E-state index in [1.807, 2.05) is 12.4 Å². The highest BCUT2D eigenvalue weighted by atomic mass is 127. The molecule has 80 valence electrons. The molecular formula is C11H14IN3. The van der Waals surface area contributed by atoms with Gasteiger partial charge >= 0.3 is 0 Å². The fraction of sp³-hybridized carbons (Fsp3) is 0.636. The molecule has 0 amide bonds. The van der Waals surface area contributed by atoms with Gasteiger partial charge in [-0.05, 0) is 53.7 Å². The Bertz CT molecular complexity index is 351. The van der Waals surface area contributed by atoms with Gasteiger partial charge in [-0.3, -0.25) is 0 Å². The third kappa shape index (κ3) is 1.96. The Labute approximate surface area is 103 Å².